The number of hydrogen-bond acceptors (Lipinski definition) is 4. The lowest BCUT2D eigenvalue weighted by atomic mass is 10.1. The number of likely N-dealkylation sites (tertiary alicyclic amines) is 1. The highest BCUT2D eigenvalue weighted by Crippen LogP contribution is 2.32. The van der Waals surface area contributed by atoms with E-state index in [2.05, 4.69) is 36.3 Å². The highest BCUT2D eigenvalue weighted by Gasteiger charge is 2.26. The number of carbonyl (C=O) groups excluding carboxylic acids is 1. The smallest absolute Gasteiger partial charge is 0.259 e. The maximum absolute atomic E-state index is 12.4. The monoisotopic (exact) mass is 316 g/mol. The van der Waals surface area contributed by atoms with Crippen LogP contribution in [0.2, 0.25) is 0 Å². The van der Waals surface area contributed by atoms with Crippen LogP contribution in [-0.4, -0.2) is 34.3 Å². The SMILES string of the molecule is Cc1ccccc1SC1CCN(C(=O)c2cnoc2C)CC1. The van der Waals surface area contributed by atoms with Gasteiger partial charge >= 0.3 is 0 Å². The van der Waals surface area contributed by atoms with Crippen molar-refractivity contribution in [2.75, 3.05) is 13.1 Å². The van der Waals surface area contributed by atoms with Crippen molar-refractivity contribution in [2.45, 2.75) is 36.8 Å². The summed E-state index contributed by atoms with van der Waals surface area (Å²) in [4.78, 5) is 15.7. The lowest BCUT2D eigenvalue weighted by molar-refractivity contribution is 0.0725. The van der Waals surface area contributed by atoms with Crippen LogP contribution in [0.25, 0.3) is 0 Å². The molecule has 0 aliphatic carbocycles. The van der Waals surface area contributed by atoms with Gasteiger partial charge in [0.25, 0.3) is 5.91 Å². The van der Waals surface area contributed by atoms with E-state index < -0.39 is 0 Å². The molecule has 1 aromatic carbocycles. The van der Waals surface area contributed by atoms with E-state index in [9.17, 15) is 4.79 Å². The molecule has 1 aliphatic rings. The highest BCUT2D eigenvalue weighted by molar-refractivity contribution is 8.00. The molecular weight excluding hydrogens is 296 g/mol. The second-order valence-electron chi connectivity index (χ2n) is 5.67. The molecular formula is C17H20N2O2S. The molecule has 0 N–H and O–H groups in total. The zero-order valence-electron chi connectivity index (χ0n) is 12.9. The first-order chi connectivity index (χ1) is 10.6. The van der Waals surface area contributed by atoms with E-state index >= 15 is 0 Å². The van der Waals surface area contributed by atoms with Gasteiger partial charge in [-0.3, -0.25) is 4.79 Å². The largest absolute Gasteiger partial charge is 0.361 e. The normalized spacial score (nSPS) is 16.0. The Labute approximate surface area is 134 Å². The van der Waals surface area contributed by atoms with Crippen molar-refractivity contribution in [3.63, 3.8) is 0 Å². The second kappa shape index (κ2) is 6.57. The Bertz CT molecular complexity index is 660. The predicted octanol–water partition coefficient (Wildman–Crippen LogP) is 3.69. The Morgan fingerprint density at radius 3 is 2.64 bits per heavy atom. The Balaban J connectivity index is 1.58. The molecule has 0 radical (unpaired) electrons. The van der Waals surface area contributed by atoms with Gasteiger partial charge in [0.1, 0.15) is 11.3 Å². The summed E-state index contributed by atoms with van der Waals surface area (Å²) in [6.07, 6.45) is 3.57. The van der Waals surface area contributed by atoms with Crippen LogP contribution in [0, 0.1) is 13.8 Å². The van der Waals surface area contributed by atoms with Crippen molar-refractivity contribution >= 4 is 17.7 Å². The van der Waals surface area contributed by atoms with E-state index in [0.29, 0.717) is 16.6 Å². The molecule has 0 bridgehead atoms. The molecule has 4 nitrogen and oxygen atoms in total. The molecule has 1 aromatic heterocycles. The molecule has 2 heterocycles. The topological polar surface area (TPSA) is 46.3 Å². The van der Waals surface area contributed by atoms with Gasteiger partial charge in [0, 0.05) is 23.2 Å². The highest BCUT2D eigenvalue weighted by atomic mass is 32.2. The maximum Gasteiger partial charge on any atom is 0.259 e. The van der Waals surface area contributed by atoms with Gasteiger partial charge in [-0.15, -0.1) is 11.8 Å². The van der Waals surface area contributed by atoms with Gasteiger partial charge in [-0.1, -0.05) is 23.4 Å². The molecule has 1 amide bonds. The molecule has 3 rings (SSSR count). The summed E-state index contributed by atoms with van der Waals surface area (Å²) >= 11 is 1.94. The van der Waals surface area contributed by atoms with Crippen molar-refractivity contribution in [1.29, 1.82) is 0 Å². The van der Waals surface area contributed by atoms with Gasteiger partial charge in [-0.25, -0.2) is 0 Å². The zero-order chi connectivity index (χ0) is 15.5. The second-order valence-corrected chi connectivity index (χ2v) is 7.01. The molecule has 0 spiro atoms. The molecule has 0 unspecified atom stereocenters. The minimum Gasteiger partial charge on any atom is -0.361 e. The first-order valence-electron chi connectivity index (χ1n) is 7.58. The van der Waals surface area contributed by atoms with Crippen molar-refractivity contribution < 1.29 is 9.32 Å². The molecule has 2 aromatic rings. The van der Waals surface area contributed by atoms with Crippen LogP contribution in [0.1, 0.15) is 34.5 Å². The first-order valence-corrected chi connectivity index (χ1v) is 8.46. The van der Waals surface area contributed by atoms with Gasteiger partial charge < -0.3 is 9.42 Å². The van der Waals surface area contributed by atoms with E-state index in [-0.39, 0.29) is 5.91 Å². The van der Waals surface area contributed by atoms with Crippen LogP contribution in [0.5, 0.6) is 0 Å². The fraction of sp³-hybridized carbons (Fsp3) is 0.412. The third kappa shape index (κ3) is 3.19. The summed E-state index contributed by atoms with van der Waals surface area (Å²) < 4.78 is 4.99. The van der Waals surface area contributed by atoms with Gasteiger partial charge in [0.15, 0.2) is 0 Å². The molecule has 22 heavy (non-hydrogen) atoms. The van der Waals surface area contributed by atoms with Gasteiger partial charge in [-0.2, -0.15) is 0 Å². The van der Waals surface area contributed by atoms with E-state index in [1.54, 1.807) is 6.92 Å². The average Bonchev–Trinajstić information content (AvgIpc) is 2.96. The maximum atomic E-state index is 12.4. The first kappa shape index (κ1) is 15.2. The van der Waals surface area contributed by atoms with Gasteiger partial charge in [0.2, 0.25) is 0 Å². The molecule has 116 valence electrons. The van der Waals surface area contributed by atoms with E-state index in [1.807, 2.05) is 16.7 Å². The third-order valence-corrected chi connectivity index (χ3v) is 5.61. The summed E-state index contributed by atoms with van der Waals surface area (Å²) in [5, 5.41) is 4.27. The van der Waals surface area contributed by atoms with Crippen LogP contribution in [0.3, 0.4) is 0 Å². The van der Waals surface area contributed by atoms with E-state index in [4.69, 9.17) is 4.52 Å². The Morgan fingerprint density at radius 2 is 2.00 bits per heavy atom. The fourth-order valence-electron chi connectivity index (χ4n) is 2.72. The van der Waals surface area contributed by atoms with Gasteiger partial charge in [-0.05, 0) is 38.3 Å². The van der Waals surface area contributed by atoms with Crippen molar-refractivity contribution in [3.05, 3.63) is 47.3 Å². The Morgan fingerprint density at radius 1 is 1.27 bits per heavy atom. The molecule has 1 saturated heterocycles. The molecule has 1 aliphatic heterocycles. The minimum atomic E-state index is 0.0399. The van der Waals surface area contributed by atoms with Crippen molar-refractivity contribution in [3.8, 4) is 0 Å². The van der Waals surface area contributed by atoms with E-state index in [1.165, 1.54) is 16.7 Å². The van der Waals surface area contributed by atoms with Crippen molar-refractivity contribution in [2.24, 2.45) is 0 Å². The minimum absolute atomic E-state index is 0.0399. The Hall–Kier alpha value is -1.75. The summed E-state index contributed by atoms with van der Waals surface area (Å²) in [5.41, 5.74) is 1.91. The number of nitrogens with zero attached hydrogens (tertiary/aromatic N) is 2. The molecule has 0 saturated carbocycles. The van der Waals surface area contributed by atoms with Crippen LogP contribution < -0.4 is 0 Å². The van der Waals surface area contributed by atoms with Crippen LogP contribution in [0.4, 0.5) is 0 Å². The number of piperidine rings is 1. The van der Waals surface area contributed by atoms with E-state index in [0.717, 1.165) is 25.9 Å². The number of carbonyl (C=O) groups is 1. The molecule has 0 atom stereocenters. The number of thioether (sulfide) groups is 1. The van der Waals surface area contributed by atoms with Crippen molar-refractivity contribution in [1.82, 2.24) is 10.1 Å². The standard InChI is InChI=1S/C17H20N2O2S/c1-12-5-3-4-6-16(12)22-14-7-9-19(10-8-14)17(20)15-11-18-21-13(15)2/h3-6,11,14H,7-10H2,1-2H3. The van der Waals surface area contributed by atoms with Crippen LogP contribution >= 0.6 is 11.8 Å². The lowest BCUT2D eigenvalue weighted by Crippen LogP contribution is -2.39. The summed E-state index contributed by atoms with van der Waals surface area (Å²) in [6, 6.07) is 8.48. The molecule has 1 fully saturated rings. The quantitative estimate of drug-likeness (QED) is 0.866. The summed E-state index contributed by atoms with van der Waals surface area (Å²) in [6.45, 7) is 5.52. The zero-order valence-corrected chi connectivity index (χ0v) is 13.7. The average molecular weight is 316 g/mol. The van der Waals surface area contributed by atoms with Crippen LogP contribution in [-0.2, 0) is 0 Å². The number of amides is 1. The number of aryl methyl sites for hydroxylation is 2. The summed E-state index contributed by atoms with van der Waals surface area (Å²) in [5.74, 6) is 0.638. The number of aromatic nitrogens is 1. The number of benzene rings is 1. The number of rotatable bonds is 3. The summed E-state index contributed by atoms with van der Waals surface area (Å²) in [7, 11) is 0. The third-order valence-electron chi connectivity index (χ3n) is 4.10. The van der Waals surface area contributed by atoms with Gasteiger partial charge in [0.05, 0.1) is 6.20 Å². The number of hydrogen-bond donors (Lipinski definition) is 0. The predicted molar refractivity (Wildman–Crippen MR) is 87.2 cm³/mol. The lowest BCUT2D eigenvalue weighted by Gasteiger charge is -2.31. The molecule has 5 heteroatoms. The fourth-order valence-corrected chi connectivity index (χ4v) is 3.94. The Kier molecular flexibility index (Phi) is 4.52. The van der Waals surface area contributed by atoms with Crippen LogP contribution in [0.15, 0.2) is 39.9 Å².